The Bertz CT molecular complexity index is 782. The highest BCUT2D eigenvalue weighted by molar-refractivity contribution is 7.99. The second kappa shape index (κ2) is 7.87. The van der Waals surface area contributed by atoms with Gasteiger partial charge in [0.2, 0.25) is 0 Å². The Morgan fingerprint density at radius 2 is 2.12 bits per heavy atom. The number of nitrogen functional groups attached to an aromatic ring is 1. The van der Waals surface area contributed by atoms with Crippen molar-refractivity contribution >= 4 is 40.7 Å². The van der Waals surface area contributed by atoms with Crippen molar-refractivity contribution < 1.29 is 5.11 Å². The highest BCUT2D eigenvalue weighted by atomic mass is 35.5. The smallest absolute Gasteiger partial charge is 0.158 e. The standard InChI is InChI=1S/C17H23ClN6OS/c1-21-11-3-2-4-12(14(11)18)26-16-15(20)23-13(9-22-16)24-7-5-17(25,10-19)6-8-24/h2-4,9,21,25H,5-8,10,19H2,1H3,(H2,20,23). The average molecular weight is 395 g/mol. The van der Waals surface area contributed by atoms with E-state index in [2.05, 4.69) is 20.2 Å². The van der Waals surface area contributed by atoms with Gasteiger partial charge in [-0.2, -0.15) is 0 Å². The number of piperidine rings is 1. The first-order chi connectivity index (χ1) is 12.5. The number of nitrogens with one attached hydrogen (secondary N) is 1. The molecule has 2 aromatic rings. The predicted octanol–water partition coefficient (Wildman–Crippen LogP) is 2.20. The number of aliphatic hydroxyl groups is 1. The molecule has 3 rings (SSSR count). The van der Waals surface area contributed by atoms with Gasteiger partial charge in [0, 0.05) is 31.6 Å². The van der Waals surface area contributed by atoms with Crippen molar-refractivity contribution in [2.24, 2.45) is 5.73 Å². The average Bonchev–Trinajstić information content (AvgIpc) is 2.65. The van der Waals surface area contributed by atoms with Crippen LogP contribution in [0.15, 0.2) is 34.3 Å². The number of anilines is 3. The van der Waals surface area contributed by atoms with Gasteiger partial charge < -0.3 is 26.8 Å². The van der Waals surface area contributed by atoms with Crippen LogP contribution in [0.2, 0.25) is 5.02 Å². The minimum Gasteiger partial charge on any atom is -0.388 e. The Kier molecular flexibility index (Phi) is 5.76. The number of benzene rings is 1. The molecule has 0 amide bonds. The SMILES string of the molecule is CNc1cccc(Sc2ncc(N3CCC(O)(CN)CC3)nc2N)c1Cl. The number of nitrogens with two attached hydrogens (primary N) is 2. The molecule has 1 aromatic heterocycles. The summed E-state index contributed by atoms with van der Waals surface area (Å²) >= 11 is 7.77. The molecule has 1 aliphatic rings. The maximum absolute atomic E-state index is 10.2. The molecule has 1 fully saturated rings. The normalized spacial score (nSPS) is 16.5. The van der Waals surface area contributed by atoms with E-state index in [0.29, 0.717) is 47.6 Å². The largest absolute Gasteiger partial charge is 0.388 e. The van der Waals surface area contributed by atoms with Crippen LogP contribution >= 0.6 is 23.4 Å². The molecule has 0 atom stereocenters. The molecule has 7 nitrogen and oxygen atoms in total. The highest BCUT2D eigenvalue weighted by Crippen LogP contribution is 2.38. The number of hydrogen-bond acceptors (Lipinski definition) is 8. The van der Waals surface area contributed by atoms with Crippen LogP contribution in [0, 0.1) is 0 Å². The second-order valence-corrected chi connectivity index (χ2v) is 7.71. The second-order valence-electron chi connectivity index (χ2n) is 6.30. The topological polar surface area (TPSA) is 113 Å². The van der Waals surface area contributed by atoms with E-state index in [1.54, 1.807) is 6.20 Å². The Balaban J connectivity index is 1.75. The number of rotatable bonds is 5. The third-order valence-corrected chi connectivity index (χ3v) is 6.18. The van der Waals surface area contributed by atoms with Gasteiger partial charge in [-0.05, 0) is 25.0 Å². The van der Waals surface area contributed by atoms with Crippen LogP contribution in [0.25, 0.3) is 0 Å². The lowest BCUT2D eigenvalue weighted by atomic mass is 9.92. The molecule has 1 saturated heterocycles. The van der Waals surface area contributed by atoms with Crippen molar-refractivity contribution in [2.75, 3.05) is 42.6 Å². The van der Waals surface area contributed by atoms with Gasteiger partial charge in [-0.25, -0.2) is 9.97 Å². The van der Waals surface area contributed by atoms with Gasteiger partial charge in [0.1, 0.15) is 10.8 Å². The molecule has 0 unspecified atom stereocenters. The van der Waals surface area contributed by atoms with E-state index in [4.69, 9.17) is 23.1 Å². The number of hydrogen-bond donors (Lipinski definition) is 4. The number of nitrogens with zero attached hydrogens (tertiary/aromatic N) is 3. The van der Waals surface area contributed by atoms with Gasteiger partial charge in [0.05, 0.1) is 22.5 Å². The third-order valence-electron chi connectivity index (χ3n) is 4.59. The van der Waals surface area contributed by atoms with Crippen LogP contribution in [-0.4, -0.2) is 47.4 Å². The van der Waals surface area contributed by atoms with Gasteiger partial charge in [-0.15, -0.1) is 0 Å². The van der Waals surface area contributed by atoms with E-state index in [1.807, 2.05) is 25.2 Å². The minimum absolute atomic E-state index is 0.274. The van der Waals surface area contributed by atoms with Crippen molar-refractivity contribution in [3.63, 3.8) is 0 Å². The first-order valence-corrected chi connectivity index (χ1v) is 9.59. The molecule has 0 aliphatic carbocycles. The molecule has 2 heterocycles. The summed E-state index contributed by atoms with van der Waals surface area (Å²) in [6, 6.07) is 5.74. The van der Waals surface area contributed by atoms with Crippen molar-refractivity contribution in [1.29, 1.82) is 0 Å². The molecule has 0 bridgehead atoms. The molecule has 140 valence electrons. The summed E-state index contributed by atoms with van der Waals surface area (Å²) in [6.07, 6.45) is 2.92. The predicted molar refractivity (Wildman–Crippen MR) is 107 cm³/mol. The molecule has 0 spiro atoms. The number of halogens is 1. The monoisotopic (exact) mass is 394 g/mol. The van der Waals surface area contributed by atoms with Crippen LogP contribution < -0.4 is 21.7 Å². The molecule has 0 radical (unpaired) electrons. The van der Waals surface area contributed by atoms with Crippen LogP contribution in [0.5, 0.6) is 0 Å². The number of aromatic nitrogens is 2. The van der Waals surface area contributed by atoms with Gasteiger partial charge >= 0.3 is 0 Å². The molecular formula is C17H23ClN6OS. The van der Waals surface area contributed by atoms with Gasteiger partial charge in [-0.3, -0.25) is 0 Å². The molecule has 9 heteroatoms. The lowest BCUT2D eigenvalue weighted by Gasteiger charge is -2.37. The summed E-state index contributed by atoms with van der Waals surface area (Å²) in [6.45, 7) is 1.62. The lowest BCUT2D eigenvalue weighted by Crippen LogP contribution is -2.49. The maximum Gasteiger partial charge on any atom is 0.158 e. The van der Waals surface area contributed by atoms with E-state index < -0.39 is 5.60 Å². The first kappa shape index (κ1) is 19.0. The van der Waals surface area contributed by atoms with E-state index in [0.717, 1.165) is 10.6 Å². The summed E-state index contributed by atoms with van der Waals surface area (Å²) in [5, 5.41) is 14.5. The molecule has 0 saturated carbocycles. The molecule has 1 aromatic carbocycles. The molecule has 6 N–H and O–H groups in total. The fourth-order valence-electron chi connectivity index (χ4n) is 2.86. The molecule has 26 heavy (non-hydrogen) atoms. The Hall–Kier alpha value is -1.74. The minimum atomic E-state index is -0.777. The van der Waals surface area contributed by atoms with E-state index in [9.17, 15) is 5.11 Å². The summed E-state index contributed by atoms with van der Waals surface area (Å²) in [5.74, 6) is 1.07. The highest BCUT2D eigenvalue weighted by Gasteiger charge is 2.31. The quantitative estimate of drug-likeness (QED) is 0.610. The maximum atomic E-state index is 10.2. The van der Waals surface area contributed by atoms with E-state index in [1.165, 1.54) is 11.8 Å². The molecular weight excluding hydrogens is 372 g/mol. The Labute approximate surface area is 162 Å². The van der Waals surface area contributed by atoms with Crippen LogP contribution in [0.1, 0.15) is 12.8 Å². The fraction of sp³-hybridized carbons (Fsp3) is 0.412. The summed E-state index contributed by atoms with van der Waals surface area (Å²) in [5.41, 5.74) is 11.8. The van der Waals surface area contributed by atoms with Gasteiger partial charge in [0.25, 0.3) is 0 Å². The summed E-state index contributed by atoms with van der Waals surface area (Å²) in [7, 11) is 1.82. The van der Waals surface area contributed by atoms with Gasteiger partial charge in [-0.1, -0.05) is 29.4 Å². The molecule has 1 aliphatic heterocycles. The van der Waals surface area contributed by atoms with E-state index >= 15 is 0 Å². The van der Waals surface area contributed by atoms with Crippen molar-refractivity contribution in [3.05, 3.63) is 29.4 Å². The van der Waals surface area contributed by atoms with Crippen molar-refractivity contribution in [2.45, 2.75) is 28.4 Å². The first-order valence-electron chi connectivity index (χ1n) is 8.40. The van der Waals surface area contributed by atoms with Crippen molar-refractivity contribution in [1.82, 2.24) is 9.97 Å². The zero-order valence-corrected chi connectivity index (χ0v) is 16.1. The van der Waals surface area contributed by atoms with Crippen LogP contribution in [-0.2, 0) is 0 Å². The summed E-state index contributed by atoms with van der Waals surface area (Å²) < 4.78 is 0. The zero-order chi connectivity index (χ0) is 18.7. The van der Waals surface area contributed by atoms with Gasteiger partial charge in [0.15, 0.2) is 5.82 Å². The Morgan fingerprint density at radius 1 is 1.38 bits per heavy atom. The van der Waals surface area contributed by atoms with Crippen LogP contribution in [0.4, 0.5) is 17.3 Å². The Morgan fingerprint density at radius 3 is 2.73 bits per heavy atom. The van der Waals surface area contributed by atoms with Crippen LogP contribution in [0.3, 0.4) is 0 Å². The zero-order valence-electron chi connectivity index (χ0n) is 14.6. The summed E-state index contributed by atoms with van der Waals surface area (Å²) in [4.78, 5) is 11.9. The van der Waals surface area contributed by atoms with Crippen molar-refractivity contribution in [3.8, 4) is 0 Å². The lowest BCUT2D eigenvalue weighted by molar-refractivity contribution is 0.0248. The fourth-order valence-corrected chi connectivity index (χ4v) is 4.00. The van der Waals surface area contributed by atoms with E-state index in [-0.39, 0.29) is 6.54 Å². The third kappa shape index (κ3) is 3.98.